The topological polar surface area (TPSA) is 108 Å². The molecule has 0 saturated heterocycles. The van der Waals surface area contributed by atoms with Crippen LogP contribution in [0.3, 0.4) is 0 Å². The third-order valence-corrected chi connectivity index (χ3v) is 10.1. The zero-order chi connectivity index (χ0) is 38.1. The zero-order valence-electron chi connectivity index (χ0n) is 31.2. The molecule has 5 aromatic carbocycles. The summed E-state index contributed by atoms with van der Waals surface area (Å²) in [5, 5.41) is 12.7. The van der Waals surface area contributed by atoms with E-state index in [0.717, 1.165) is 34.1 Å². The average Bonchev–Trinajstić information content (AvgIpc) is 3.13. The van der Waals surface area contributed by atoms with Gasteiger partial charge in [0.05, 0.1) is 11.7 Å². The number of anilines is 1. The minimum Gasteiger partial charge on any atom is -0.398 e. The molecule has 0 saturated carbocycles. The van der Waals surface area contributed by atoms with E-state index < -0.39 is 17.0 Å². The second kappa shape index (κ2) is 17.3. The number of benzene rings is 5. The van der Waals surface area contributed by atoms with Crippen LogP contribution in [0.5, 0.6) is 0 Å². The van der Waals surface area contributed by atoms with E-state index in [0.29, 0.717) is 17.7 Å². The van der Waals surface area contributed by atoms with E-state index in [2.05, 4.69) is 113 Å². The maximum Gasteiger partial charge on any atom is 0.251 e. The fourth-order valence-electron chi connectivity index (χ4n) is 6.52. The third-order valence-electron chi connectivity index (χ3n) is 9.26. The van der Waals surface area contributed by atoms with Crippen LogP contribution in [0.25, 0.3) is 22.3 Å². The monoisotopic (exact) mass is 725 g/mol. The molecule has 8 heteroatoms. The minimum absolute atomic E-state index is 0.0700. The summed E-state index contributed by atoms with van der Waals surface area (Å²) in [6.45, 7) is 13.1. The van der Waals surface area contributed by atoms with E-state index in [1.54, 1.807) is 12.1 Å². The molecule has 5 rings (SSSR count). The smallest absolute Gasteiger partial charge is 0.251 e. The second-order valence-electron chi connectivity index (χ2n) is 14.4. The number of rotatable bonds is 13. The number of amides is 2. The first-order valence-electron chi connectivity index (χ1n) is 17.7. The van der Waals surface area contributed by atoms with Crippen molar-refractivity contribution in [1.82, 2.24) is 5.32 Å². The van der Waals surface area contributed by atoms with Gasteiger partial charge in [-0.2, -0.15) is 0 Å². The van der Waals surface area contributed by atoms with Gasteiger partial charge in [0, 0.05) is 23.7 Å². The molecule has 0 aliphatic rings. The number of carbonyl (C=O) groups is 2. The zero-order valence-corrected chi connectivity index (χ0v) is 32.0. The third kappa shape index (κ3) is 10.3. The average molecular weight is 726 g/mol. The van der Waals surface area contributed by atoms with Crippen molar-refractivity contribution in [3.05, 3.63) is 154 Å². The first-order chi connectivity index (χ1) is 25.3. The summed E-state index contributed by atoms with van der Waals surface area (Å²) in [6.07, 6.45) is 1.33. The maximum absolute atomic E-state index is 14.1. The Hall–Kier alpha value is -5.56. The van der Waals surface area contributed by atoms with Crippen molar-refractivity contribution < 1.29 is 18.0 Å². The van der Waals surface area contributed by atoms with Crippen molar-refractivity contribution >= 4 is 34.5 Å². The molecule has 2 amide bonds. The molecule has 0 radical (unpaired) electrons. The van der Waals surface area contributed by atoms with Crippen molar-refractivity contribution in [3.63, 3.8) is 0 Å². The van der Waals surface area contributed by atoms with Gasteiger partial charge in [0.25, 0.3) is 5.91 Å². The Bertz CT molecular complexity index is 2100. The molecule has 0 heterocycles. The summed E-state index contributed by atoms with van der Waals surface area (Å²) in [5.74, 6) is 1.04. The number of nitrogens with one attached hydrogen (secondary N) is 3. The molecule has 5 aromatic rings. The molecule has 2 atom stereocenters. The van der Waals surface area contributed by atoms with Gasteiger partial charge in [-0.25, -0.2) is 4.21 Å². The molecule has 0 aliphatic heterocycles. The molecule has 0 fully saturated rings. The standard InChI is InChI=1S/C45H47N3O4S/c1-30-27-31(2)42(32(3)28-30)37-17-21-40(22-18-37)48-44(50)41(36-13-11-34(12-14-36)35-15-19-39(20-16-35)45(4,5)6)29-33-7-9-38(10-8-33)43(49)47-24-26-53(51)52-25-23-46/h7-22,25,27-28,41,46H,24,26,29H2,1-6H3,(H,47,49)(H,48,50)/t41-,53?/m1/s1. The van der Waals surface area contributed by atoms with Crippen molar-refractivity contribution in [2.24, 2.45) is 0 Å². The van der Waals surface area contributed by atoms with Gasteiger partial charge in [0.2, 0.25) is 17.0 Å². The van der Waals surface area contributed by atoms with Crippen LogP contribution in [0.4, 0.5) is 5.69 Å². The highest BCUT2D eigenvalue weighted by Gasteiger charge is 2.23. The van der Waals surface area contributed by atoms with Crippen molar-refractivity contribution in [2.45, 2.75) is 59.3 Å². The number of carbonyl (C=O) groups excluding carboxylic acids is 2. The Labute approximate surface area is 315 Å². The van der Waals surface area contributed by atoms with Crippen molar-refractivity contribution in [2.75, 3.05) is 17.6 Å². The molecule has 0 spiro atoms. The fourth-order valence-corrected chi connectivity index (χ4v) is 7.04. The Kier molecular flexibility index (Phi) is 12.6. The number of hydrogen-bond donors (Lipinski definition) is 3. The molecule has 7 nitrogen and oxygen atoms in total. The lowest BCUT2D eigenvalue weighted by Crippen LogP contribution is -2.27. The highest BCUT2D eigenvalue weighted by molar-refractivity contribution is 7.80. The lowest BCUT2D eigenvalue weighted by atomic mass is 9.86. The van der Waals surface area contributed by atoms with Gasteiger partial charge >= 0.3 is 0 Å². The van der Waals surface area contributed by atoms with E-state index in [1.165, 1.54) is 27.8 Å². The van der Waals surface area contributed by atoms with Crippen LogP contribution in [0.2, 0.25) is 0 Å². The Balaban J connectivity index is 1.35. The highest BCUT2D eigenvalue weighted by Crippen LogP contribution is 2.31. The summed E-state index contributed by atoms with van der Waals surface area (Å²) in [4.78, 5) is 26.8. The normalized spacial score (nSPS) is 12.3. The van der Waals surface area contributed by atoms with E-state index >= 15 is 0 Å². The van der Waals surface area contributed by atoms with Crippen LogP contribution >= 0.6 is 0 Å². The predicted molar refractivity (Wildman–Crippen MR) is 217 cm³/mol. The van der Waals surface area contributed by atoms with Crippen LogP contribution in [-0.4, -0.2) is 34.2 Å². The largest absolute Gasteiger partial charge is 0.398 e. The quantitative estimate of drug-likeness (QED) is 0.0831. The van der Waals surface area contributed by atoms with Crippen LogP contribution < -0.4 is 10.6 Å². The summed E-state index contributed by atoms with van der Waals surface area (Å²) in [6, 6.07) is 36.4. The van der Waals surface area contributed by atoms with Gasteiger partial charge in [0.1, 0.15) is 0 Å². The van der Waals surface area contributed by atoms with Crippen molar-refractivity contribution in [1.29, 1.82) is 5.41 Å². The van der Waals surface area contributed by atoms with E-state index in [-0.39, 0.29) is 29.5 Å². The molecule has 3 N–H and O–H groups in total. The summed E-state index contributed by atoms with van der Waals surface area (Å²) < 4.78 is 16.5. The fraction of sp³-hybridized carbons (Fsp3) is 0.244. The van der Waals surface area contributed by atoms with Gasteiger partial charge in [-0.3, -0.25) is 15.0 Å². The first kappa shape index (κ1) is 38.7. The van der Waals surface area contributed by atoms with Gasteiger partial charge in [-0.05, 0) is 107 Å². The molecule has 53 heavy (non-hydrogen) atoms. The Morgan fingerprint density at radius 2 is 1.38 bits per heavy atom. The van der Waals surface area contributed by atoms with Crippen LogP contribution in [0.15, 0.2) is 115 Å². The number of hydrogen-bond acceptors (Lipinski definition) is 5. The molecule has 0 aliphatic carbocycles. The van der Waals surface area contributed by atoms with Crippen molar-refractivity contribution in [3.8, 4) is 22.3 Å². The molecular formula is C45H47N3O4S. The van der Waals surface area contributed by atoms with Crippen LogP contribution in [-0.2, 0) is 31.9 Å². The van der Waals surface area contributed by atoms with E-state index in [1.807, 2.05) is 42.3 Å². The summed E-state index contributed by atoms with van der Waals surface area (Å²) in [5.41, 5.74) is 12.5. The predicted octanol–water partition coefficient (Wildman–Crippen LogP) is 9.38. The first-order valence-corrected chi connectivity index (χ1v) is 18.9. The number of aryl methyl sites for hydroxylation is 3. The molecular weight excluding hydrogens is 679 g/mol. The Morgan fingerprint density at radius 1 is 0.811 bits per heavy atom. The summed E-state index contributed by atoms with van der Waals surface area (Å²) in [7, 11) is 0. The maximum atomic E-state index is 14.1. The van der Waals surface area contributed by atoms with E-state index in [9.17, 15) is 13.8 Å². The molecule has 0 bridgehead atoms. The highest BCUT2D eigenvalue weighted by atomic mass is 32.2. The van der Waals surface area contributed by atoms with E-state index in [4.69, 9.17) is 9.59 Å². The van der Waals surface area contributed by atoms with Gasteiger partial charge in [0.15, 0.2) is 6.26 Å². The summed E-state index contributed by atoms with van der Waals surface area (Å²) >= 11 is -1.66. The van der Waals surface area contributed by atoms with Gasteiger partial charge in [-0.1, -0.05) is 111 Å². The lowest BCUT2D eigenvalue weighted by Gasteiger charge is -2.20. The SMILES string of the molecule is Cc1cc(C)c(-c2ccc(NC(=O)[C@H](Cc3ccc(C(=O)NCCS(=O)OC=C=N)cc3)c3ccc(-c4ccc(C(C)(C)C)cc4)cc3)cc2)c(C)c1. The minimum atomic E-state index is -1.66. The molecule has 0 aromatic heterocycles. The van der Waals surface area contributed by atoms with Crippen LogP contribution in [0, 0.1) is 26.2 Å². The molecule has 1 unspecified atom stereocenters. The molecule has 272 valence electrons. The van der Waals surface area contributed by atoms with Crippen LogP contribution in [0.1, 0.15) is 70.4 Å². The Morgan fingerprint density at radius 3 is 1.94 bits per heavy atom. The van der Waals surface area contributed by atoms with Gasteiger partial charge < -0.3 is 14.8 Å². The lowest BCUT2D eigenvalue weighted by molar-refractivity contribution is -0.117. The second-order valence-corrected chi connectivity index (χ2v) is 15.6. The van der Waals surface area contributed by atoms with Gasteiger partial charge in [-0.15, -0.1) is 0 Å².